The van der Waals surface area contributed by atoms with Crippen LogP contribution in [-0.4, -0.2) is 34.9 Å². The van der Waals surface area contributed by atoms with E-state index in [9.17, 15) is 4.79 Å². The predicted molar refractivity (Wildman–Crippen MR) is 61.0 cm³/mol. The van der Waals surface area contributed by atoms with E-state index in [2.05, 4.69) is 10.4 Å². The predicted octanol–water partition coefficient (Wildman–Crippen LogP) is 0.731. The lowest BCUT2D eigenvalue weighted by Crippen LogP contribution is -2.44. The molecule has 0 aromatic carbocycles. The van der Waals surface area contributed by atoms with Crippen molar-refractivity contribution in [3.8, 4) is 0 Å². The first kappa shape index (κ1) is 12.7. The summed E-state index contributed by atoms with van der Waals surface area (Å²) in [6, 6.07) is 1.77. The van der Waals surface area contributed by atoms with Gasteiger partial charge in [0.2, 0.25) is 0 Å². The molecule has 0 fully saturated rings. The average Bonchev–Trinajstić information content (AvgIpc) is 2.61. The topological polar surface area (TPSA) is 56.2 Å². The molecule has 0 amide bonds. The highest BCUT2D eigenvalue weighted by Crippen LogP contribution is 1.98. The Hall–Kier alpha value is -1.36. The van der Waals surface area contributed by atoms with E-state index in [0.717, 1.165) is 5.69 Å². The second-order valence-electron chi connectivity index (χ2n) is 4.08. The lowest BCUT2D eigenvalue weighted by atomic mass is 10.2. The second kappa shape index (κ2) is 5.65. The summed E-state index contributed by atoms with van der Waals surface area (Å²) >= 11 is 0. The minimum absolute atomic E-state index is 0.223. The largest absolute Gasteiger partial charge is 0.468 e. The van der Waals surface area contributed by atoms with Gasteiger partial charge in [-0.15, -0.1) is 0 Å². The summed E-state index contributed by atoms with van der Waals surface area (Å²) in [5.41, 5.74) is 0.938. The van der Waals surface area contributed by atoms with E-state index in [1.807, 2.05) is 33.0 Å². The molecule has 1 N–H and O–H groups in total. The number of carbonyl (C=O) groups excluding carboxylic acids is 1. The Kier molecular flexibility index (Phi) is 4.49. The molecule has 5 heteroatoms. The maximum absolute atomic E-state index is 11.5. The van der Waals surface area contributed by atoms with Gasteiger partial charge in [0.15, 0.2) is 0 Å². The minimum Gasteiger partial charge on any atom is -0.468 e. The molecule has 1 rings (SSSR count). The van der Waals surface area contributed by atoms with Crippen molar-refractivity contribution in [3.63, 3.8) is 0 Å². The molecule has 1 atom stereocenters. The van der Waals surface area contributed by atoms with E-state index >= 15 is 0 Å². The fourth-order valence-corrected chi connectivity index (χ4v) is 1.49. The first-order valence-electron chi connectivity index (χ1n) is 5.37. The van der Waals surface area contributed by atoms with Crippen molar-refractivity contribution in [3.05, 3.63) is 18.0 Å². The van der Waals surface area contributed by atoms with Gasteiger partial charge in [-0.3, -0.25) is 9.48 Å². The smallest absolute Gasteiger partial charge is 0.324 e. The summed E-state index contributed by atoms with van der Waals surface area (Å²) in [7, 11) is 1.39. The van der Waals surface area contributed by atoms with Crippen LogP contribution in [0.3, 0.4) is 0 Å². The van der Waals surface area contributed by atoms with Crippen LogP contribution >= 0.6 is 0 Å². The summed E-state index contributed by atoms with van der Waals surface area (Å²) in [5.74, 6) is -0.262. The van der Waals surface area contributed by atoms with E-state index in [1.165, 1.54) is 7.11 Å². The SMILES string of the molecule is COC(=O)C(Cn1ccc(C)n1)NC(C)C. The third kappa shape index (κ3) is 3.66. The van der Waals surface area contributed by atoms with Crippen molar-refractivity contribution >= 4 is 5.97 Å². The average molecular weight is 225 g/mol. The highest BCUT2D eigenvalue weighted by Gasteiger charge is 2.20. The fourth-order valence-electron chi connectivity index (χ4n) is 1.49. The molecule has 0 spiro atoms. The Morgan fingerprint density at radius 1 is 1.62 bits per heavy atom. The van der Waals surface area contributed by atoms with Crippen LogP contribution in [0.1, 0.15) is 19.5 Å². The third-order valence-electron chi connectivity index (χ3n) is 2.16. The summed E-state index contributed by atoms with van der Waals surface area (Å²) < 4.78 is 6.49. The maximum atomic E-state index is 11.5. The lowest BCUT2D eigenvalue weighted by molar-refractivity contribution is -0.143. The molecule has 5 nitrogen and oxygen atoms in total. The van der Waals surface area contributed by atoms with E-state index < -0.39 is 0 Å². The highest BCUT2D eigenvalue weighted by molar-refractivity contribution is 5.75. The number of carbonyl (C=O) groups is 1. The molecule has 1 aromatic rings. The van der Waals surface area contributed by atoms with E-state index in [0.29, 0.717) is 6.54 Å². The number of aryl methyl sites for hydroxylation is 1. The first-order valence-corrected chi connectivity index (χ1v) is 5.37. The normalized spacial score (nSPS) is 12.8. The van der Waals surface area contributed by atoms with Gasteiger partial charge in [-0.1, -0.05) is 13.8 Å². The molecular formula is C11H19N3O2. The quantitative estimate of drug-likeness (QED) is 0.751. The van der Waals surface area contributed by atoms with Crippen molar-refractivity contribution in [2.24, 2.45) is 0 Å². The first-order chi connectivity index (χ1) is 7.52. The number of nitrogens with one attached hydrogen (secondary N) is 1. The number of rotatable bonds is 5. The molecule has 1 heterocycles. The van der Waals surface area contributed by atoms with Gasteiger partial charge >= 0.3 is 5.97 Å². The Labute approximate surface area is 95.8 Å². The number of methoxy groups -OCH3 is 1. The van der Waals surface area contributed by atoms with Gasteiger partial charge in [-0.2, -0.15) is 5.10 Å². The van der Waals surface area contributed by atoms with Crippen molar-refractivity contribution in [2.75, 3.05) is 7.11 Å². The number of aromatic nitrogens is 2. The van der Waals surface area contributed by atoms with Gasteiger partial charge in [0, 0.05) is 12.2 Å². The zero-order valence-corrected chi connectivity index (χ0v) is 10.2. The summed E-state index contributed by atoms with van der Waals surface area (Å²) in [6.45, 7) is 6.38. The van der Waals surface area contributed by atoms with Crippen LogP contribution < -0.4 is 5.32 Å². The van der Waals surface area contributed by atoms with Crippen LogP contribution in [0.5, 0.6) is 0 Å². The molecule has 0 bridgehead atoms. The van der Waals surface area contributed by atoms with Gasteiger partial charge in [0.05, 0.1) is 19.3 Å². The van der Waals surface area contributed by atoms with Gasteiger partial charge < -0.3 is 10.1 Å². The summed E-state index contributed by atoms with van der Waals surface area (Å²) in [5, 5.41) is 7.40. The lowest BCUT2D eigenvalue weighted by Gasteiger charge is -2.18. The third-order valence-corrected chi connectivity index (χ3v) is 2.16. The Balaban J connectivity index is 2.66. The summed E-state index contributed by atoms with van der Waals surface area (Å²) in [4.78, 5) is 11.5. The van der Waals surface area contributed by atoms with E-state index in [-0.39, 0.29) is 18.1 Å². The number of esters is 1. The minimum atomic E-state index is -0.357. The standard InChI is InChI=1S/C11H19N3O2/c1-8(2)12-10(11(15)16-4)7-14-6-5-9(3)13-14/h5-6,8,10,12H,7H2,1-4H3. The molecule has 0 radical (unpaired) electrons. The zero-order chi connectivity index (χ0) is 12.1. The molecule has 0 saturated heterocycles. The Bertz CT molecular complexity index is 347. The molecule has 1 aromatic heterocycles. The zero-order valence-electron chi connectivity index (χ0n) is 10.2. The van der Waals surface area contributed by atoms with Crippen LogP contribution in [-0.2, 0) is 16.1 Å². The Morgan fingerprint density at radius 3 is 2.75 bits per heavy atom. The van der Waals surface area contributed by atoms with E-state index in [4.69, 9.17) is 4.74 Å². The van der Waals surface area contributed by atoms with Gasteiger partial charge in [0.1, 0.15) is 6.04 Å². The number of hydrogen-bond donors (Lipinski definition) is 1. The Morgan fingerprint density at radius 2 is 2.31 bits per heavy atom. The van der Waals surface area contributed by atoms with Gasteiger partial charge in [-0.05, 0) is 13.0 Å². The molecule has 1 unspecified atom stereocenters. The summed E-state index contributed by atoms with van der Waals surface area (Å²) in [6.07, 6.45) is 1.85. The maximum Gasteiger partial charge on any atom is 0.324 e. The monoisotopic (exact) mass is 225 g/mol. The molecule has 0 saturated carbocycles. The van der Waals surface area contributed by atoms with Crippen LogP contribution in [0.4, 0.5) is 0 Å². The van der Waals surface area contributed by atoms with E-state index in [1.54, 1.807) is 4.68 Å². The van der Waals surface area contributed by atoms with Crippen LogP contribution in [0.2, 0.25) is 0 Å². The van der Waals surface area contributed by atoms with Crippen molar-refractivity contribution in [2.45, 2.75) is 39.4 Å². The van der Waals surface area contributed by atoms with Crippen molar-refractivity contribution in [1.82, 2.24) is 15.1 Å². The van der Waals surface area contributed by atoms with Crippen molar-refractivity contribution < 1.29 is 9.53 Å². The van der Waals surface area contributed by atoms with Gasteiger partial charge in [0.25, 0.3) is 0 Å². The second-order valence-corrected chi connectivity index (χ2v) is 4.08. The van der Waals surface area contributed by atoms with Gasteiger partial charge in [-0.25, -0.2) is 0 Å². The number of ether oxygens (including phenoxy) is 1. The molecule has 0 aliphatic rings. The molecule has 0 aliphatic heterocycles. The number of nitrogens with zero attached hydrogens (tertiary/aromatic N) is 2. The highest BCUT2D eigenvalue weighted by atomic mass is 16.5. The fraction of sp³-hybridized carbons (Fsp3) is 0.636. The van der Waals surface area contributed by atoms with Crippen LogP contribution in [0.25, 0.3) is 0 Å². The molecular weight excluding hydrogens is 206 g/mol. The molecule has 90 valence electrons. The molecule has 0 aliphatic carbocycles. The number of hydrogen-bond acceptors (Lipinski definition) is 4. The van der Waals surface area contributed by atoms with Crippen LogP contribution in [0.15, 0.2) is 12.3 Å². The van der Waals surface area contributed by atoms with Crippen LogP contribution in [0, 0.1) is 6.92 Å². The molecule has 16 heavy (non-hydrogen) atoms. The van der Waals surface area contributed by atoms with Crippen molar-refractivity contribution in [1.29, 1.82) is 0 Å².